The van der Waals surface area contributed by atoms with Crippen LogP contribution in [0.5, 0.6) is 11.5 Å². The molecule has 4 heteroatoms. The number of rotatable bonds is 5. The van der Waals surface area contributed by atoms with E-state index in [1.807, 2.05) is 6.92 Å². The smallest absolute Gasteiger partial charge is 0.220 e. The van der Waals surface area contributed by atoms with E-state index in [-0.39, 0.29) is 23.3 Å². The van der Waals surface area contributed by atoms with Gasteiger partial charge >= 0.3 is 0 Å². The molecule has 1 amide bonds. The van der Waals surface area contributed by atoms with Crippen molar-refractivity contribution in [3.63, 3.8) is 0 Å². The molecule has 3 N–H and O–H groups in total. The molecule has 2 rings (SSSR count). The first-order valence-electron chi connectivity index (χ1n) is 7.35. The van der Waals surface area contributed by atoms with Crippen LogP contribution in [0.15, 0.2) is 18.2 Å². The van der Waals surface area contributed by atoms with Crippen molar-refractivity contribution in [2.24, 2.45) is 5.92 Å². The van der Waals surface area contributed by atoms with E-state index >= 15 is 0 Å². The van der Waals surface area contributed by atoms with Gasteiger partial charge in [-0.05, 0) is 36.8 Å². The quantitative estimate of drug-likeness (QED) is 0.775. The summed E-state index contributed by atoms with van der Waals surface area (Å²) in [6.07, 6.45) is 5.71. The highest BCUT2D eigenvalue weighted by Crippen LogP contribution is 2.26. The predicted octanol–water partition coefficient (Wildman–Crippen LogP) is 2.73. The molecule has 1 aliphatic carbocycles. The topological polar surface area (TPSA) is 69.6 Å². The molecular formula is C16H23NO3. The van der Waals surface area contributed by atoms with Gasteiger partial charge in [-0.25, -0.2) is 0 Å². The lowest BCUT2D eigenvalue weighted by Gasteiger charge is -2.16. The molecule has 110 valence electrons. The minimum atomic E-state index is 0.0536. The van der Waals surface area contributed by atoms with E-state index in [2.05, 4.69) is 5.32 Å². The fraction of sp³-hybridized carbons (Fsp3) is 0.562. The predicted molar refractivity (Wildman–Crippen MR) is 77.7 cm³/mol. The minimum Gasteiger partial charge on any atom is -0.508 e. The van der Waals surface area contributed by atoms with Crippen molar-refractivity contribution in [3.05, 3.63) is 23.8 Å². The molecule has 0 heterocycles. The Labute approximate surface area is 119 Å². The number of carbonyl (C=O) groups excluding carboxylic acids is 1. The van der Waals surface area contributed by atoms with Gasteiger partial charge in [-0.1, -0.05) is 25.8 Å². The molecule has 1 saturated carbocycles. The van der Waals surface area contributed by atoms with E-state index in [4.69, 9.17) is 0 Å². The van der Waals surface area contributed by atoms with E-state index in [0.717, 1.165) is 18.4 Å². The maximum Gasteiger partial charge on any atom is 0.220 e. The van der Waals surface area contributed by atoms with Crippen LogP contribution in [-0.4, -0.2) is 22.2 Å². The van der Waals surface area contributed by atoms with Crippen LogP contribution in [0.3, 0.4) is 0 Å². The van der Waals surface area contributed by atoms with Crippen LogP contribution in [0.1, 0.15) is 44.6 Å². The number of phenolic OH excluding ortho intramolecular Hbond substituents is 2. The normalized spacial score (nSPS) is 17.1. The van der Waals surface area contributed by atoms with Gasteiger partial charge in [0.2, 0.25) is 5.91 Å². The Morgan fingerprint density at radius 2 is 2.05 bits per heavy atom. The van der Waals surface area contributed by atoms with Crippen LogP contribution in [0, 0.1) is 5.92 Å². The summed E-state index contributed by atoms with van der Waals surface area (Å²) >= 11 is 0. The molecular weight excluding hydrogens is 254 g/mol. The van der Waals surface area contributed by atoms with Crippen molar-refractivity contribution >= 4 is 5.91 Å². The van der Waals surface area contributed by atoms with Crippen LogP contribution >= 0.6 is 0 Å². The Bertz CT molecular complexity index is 467. The average molecular weight is 277 g/mol. The van der Waals surface area contributed by atoms with Crippen molar-refractivity contribution < 1.29 is 15.0 Å². The zero-order chi connectivity index (χ0) is 14.5. The summed E-state index contributed by atoms with van der Waals surface area (Å²) in [6, 6.07) is 4.95. The molecule has 1 aliphatic rings. The molecule has 0 aromatic heterocycles. The van der Waals surface area contributed by atoms with E-state index in [9.17, 15) is 15.0 Å². The zero-order valence-electron chi connectivity index (χ0n) is 11.9. The molecule has 1 aromatic rings. The Hall–Kier alpha value is -1.71. The summed E-state index contributed by atoms with van der Waals surface area (Å²) in [5.41, 5.74) is 0.768. The third-order valence-electron chi connectivity index (χ3n) is 3.89. The van der Waals surface area contributed by atoms with E-state index in [1.165, 1.54) is 18.9 Å². The van der Waals surface area contributed by atoms with Gasteiger partial charge in [-0.2, -0.15) is 0 Å². The molecule has 0 aliphatic heterocycles. The van der Waals surface area contributed by atoms with Crippen molar-refractivity contribution in [1.82, 2.24) is 5.32 Å². The Morgan fingerprint density at radius 1 is 1.35 bits per heavy atom. The minimum absolute atomic E-state index is 0.0536. The Kier molecular flexibility index (Phi) is 4.88. The van der Waals surface area contributed by atoms with Crippen molar-refractivity contribution in [2.45, 2.75) is 51.5 Å². The largest absolute Gasteiger partial charge is 0.508 e. The van der Waals surface area contributed by atoms with Gasteiger partial charge in [0.1, 0.15) is 11.5 Å². The summed E-state index contributed by atoms with van der Waals surface area (Å²) in [4.78, 5) is 11.9. The summed E-state index contributed by atoms with van der Waals surface area (Å²) in [5, 5.41) is 22.1. The SMILES string of the molecule is CC(CC(=O)NC1CCCC1)Cc1ccc(O)cc1O. The first-order valence-corrected chi connectivity index (χ1v) is 7.35. The molecule has 0 spiro atoms. The van der Waals surface area contributed by atoms with Gasteiger partial charge < -0.3 is 15.5 Å². The molecule has 1 fully saturated rings. The monoisotopic (exact) mass is 277 g/mol. The number of benzene rings is 1. The first kappa shape index (κ1) is 14.7. The molecule has 0 saturated heterocycles. The van der Waals surface area contributed by atoms with Crippen LogP contribution < -0.4 is 5.32 Å². The van der Waals surface area contributed by atoms with Crippen LogP contribution in [-0.2, 0) is 11.2 Å². The van der Waals surface area contributed by atoms with E-state index in [0.29, 0.717) is 18.9 Å². The lowest BCUT2D eigenvalue weighted by molar-refractivity contribution is -0.122. The van der Waals surface area contributed by atoms with Gasteiger partial charge in [0, 0.05) is 18.5 Å². The summed E-state index contributed by atoms with van der Waals surface area (Å²) in [6.45, 7) is 2.00. The summed E-state index contributed by atoms with van der Waals surface area (Å²) < 4.78 is 0. The Balaban J connectivity index is 1.82. The third-order valence-corrected chi connectivity index (χ3v) is 3.89. The molecule has 0 bridgehead atoms. The Morgan fingerprint density at radius 3 is 2.70 bits per heavy atom. The second-order valence-corrected chi connectivity index (χ2v) is 5.88. The fourth-order valence-electron chi connectivity index (χ4n) is 2.85. The highest BCUT2D eigenvalue weighted by Gasteiger charge is 2.18. The highest BCUT2D eigenvalue weighted by molar-refractivity contribution is 5.76. The number of phenols is 2. The maximum atomic E-state index is 11.9. The highest BCUT2D eigenvalue weighted by atomic mass is 16.3. The van der Waals surface area contributed by atoms with Crippen LogP contribution in [0.2, 0.25) is 0 Å². The van der Waals surface area contributed by atoms with Crippen molar-refractivity contribution in [3.8, 4) is 11.5 Å². The van der Waals surface area contributed by atoms with E-state index < -0.39 is 0 Å². The number of hydrogen-bond donors (Lipinski definition) is 3. The third kappa shape index (κ3) is 4.15. The number of aromatic hydroxyl groups is 2. The number of hydrogen-bond acceptors (Lipinski definition) is 3. The van der Waals surface area contributed by atoms with Crippen molar-refractivity contribution in [1.29, 1.82) is 0 Å². The van der Waals surface area contributed by atoms with Crippen molar-refractivity contribution in [2.75, 3.05) is 0 Å². The van der Waals surface area contributed by atoms with Gasteiger partial charge in [0.15, 0.2) is 0 Å². The second kappa shape index (κ2) is 6.64. The van der Waals surface area contributed by atoms with Gasteiger partial charge in [0.05, 0.1) is 0 Å². The standard InChI is InChI=1S/C16H23NO3/c1-11(8-12-6-7-14(18)10-15(12)19)9-16(20)17-13-4-2-3-5-13/h6-7,10-11,13,18-19H,2-5,8-9H2,1H3,(H,17,20). The maximum absolute atomic E-state index is 11.9. The van der Waals surface area contributed by atoms with Gasteiger partial charge in [0.25, 0.3) is 0 Å². The van der Waals surface area contributed by atoms with E-state index in [1.54, 1.807) is 12.1 Å². The zero-order valence-corrected chi connectivity index (χ0v) is 11.9. The average Bonchev–Trinajstić information content (AvgIpc) is 2.85. The number of nitrogens with one attached hydrogen (secondary N) is 1. The van der Waals surface area contributed by atoms with Gasteiger partial charge in [-0.3, -0.25) is 4.79 Å². The molecule has 1 aromatic carbocycles. The lowest BCUT2D eigenvalue weighted by atomic mass is 9.97. The second-order valence-electron chi connectivity index (χ2n) is 5.88. The number of amides is 1. The fourth-order valence-corrected chi connectivity index (χ4v) is 2.85. The van der Waals surface area contributed by atoms with Crippen LogP contribution in [0.4, 0.5) is 0 Å². The van der Waals surface area contributed by atoms with Crippen LogP contribution in [0.25, 0.3) is 0 Å². The molecule has 4 nitrogen and oxygen atoms in total. The van der Waals surface area contributed by atoms with Gasteiger partial charge in [-0.15, -0.1) is 0 Å². The first-order chi connectivity index (χ1) is 9.54. The number of carbonyl (C=O) groups is 1. The molecule has 20 heavy (non-hydrogen) atoms. The molecule has 1 unspecified atom stereocenters. The molecule has 0 radical (unpaired) electrons. The molecule has 1 atom stereocenters. The summed E-state index contributed by atoms with van der Waals surface area (Å²) in [5.74, 6) is 0.403. The summed E-state index contributed by atoms with van der Waals surface area (Å²) in [7, 11) is 0. The lowest BCUT2D eigenvalue weighted by Crippen LogP contribution is -2.33.